The standard InChI is InChI=1S/C20H17N3O2S/c21-13-15(20-22-16-3-1-2-4-18(16)25-20)11-14-5-6-17-19(12-14)26-10-8-23(17)7-9-24/h1-6,11-12,24H,7-10H2/b15-11+. The molecule has 3 aromatic rings. The summed E-state index contributed by atoms with van der Waals surface area (Å²) in [6, 6.07) is 15.8. The van der Waals surface area contributed by atoms with Gasteiger partial charge in [0, 0.05) is 23.7 Å². The van der Waals surface area contributed by atoms with Gasteiger partial charge in [-0.05, 0) is 35.9 Å². The lowest BCUT2D eigenvalue weighted by atomic mass is 10.1. The SMILES string of the molecule is N#C/C(=C\c1ccc2c(c1)SCCN2CCO)c1nc2ccccc2o1. The van der Waals surface area contributed by atoms with Crippen LogP contribution < -0.4 is 4.90 Å². The lowest BCUT2D eigenvalue weighted by Crippen LogP contribution is -2.31. The molecule has 130 valence electrons. The third-order valence-electron chi connectivity index (χ3n) is 4.27. The van der Waals surface area contributed by atoms with Gasteiger partial charge in [-0.25, -0.2) is 4.98 Å². The van der Waals surface area contributed by atoms with E-state index < -0.39 is 0 Å². The molecule has 4 rings (SSSR count). The third kappa shape index (κ3) is 3.19. The molecule has 0 atom stereocenters. The highest BCUT2D eigenvalue weighted by Gasteiger charge is 2.17. The highest BCUT2D eigenvalue weighted by Crippen LogP contribution is 2.36. The van der Waals surface area contributed by atoms with E-state index in [0.717, 1.165) is 34.0 Å². The predicted octanol–water partition coefficient (Wildman–Crippen LogP) is 3.80. The van der Waals surface area contributed by atoms with Crippen molar-refractivity contribution < 1.29 is 9.52 Å². The van der Waals surface area contributed by atoms with Crippen molar-refractivity contribution in [2.75, 3.05) is 30.3 Å². The molecule has 5 nitrogen and oxygen atoms in total. The predicted molar refractivity (Wildman–Crippen MR) is 104 cm³/mol. The number of anilines is 1. The fraction of sp³-hybridized carbons (Fsp3) is 0.200. The molecule has 26 heavy (non-hydrogen) atoms. The molecule has 1 aromatic heterocycles. The highest BCUT2D eigenvalue weighted by molar-refractivity contribution is 7.99. The van der Waals surface area contributed by atoms with Crippen molar-refractivity contribution in [3.63, 3.8) is 0 Å². The zero-order chi connectivity index (χ0) is 17.9. The lowest BCUT2D eigenvalue weighted by molar-refractivity contribution is 0.302. The molecular weight excluding hydrogens is 346 g/mol. The first-order chi connectivity index (χ1) is 12.8. The maximum Gasteiger partial charge on any atom is 0.238 e. The van der Waals surface area contributed by atoms with E-state index in [1.165, 1.54) is 0 Å². The Morgan fingerprint density at radius 2 is 2.23 bits per heavy atom. The molecular formula is C20H17N3O2S. The van der Waals surface area contributed by atoms with Crippen LogP contribution >= 0.6 is 11.8 Å². The fourth-order valence-corrected chi connectivity index (χ4v) is 4.13. The molecule has 1 aliphatic heterocycles. The maximum absolute atomic E-state index is 9.56. The number of aromatic nitrogens is 1. The van der Waals surface area contributed by atoms with Crippen LogP contribution in [-0.2, 0) is 0 Å². The van der Waals surface area contributed by atoms with Crippen LogP contribution in [0.2, 0.25) is 0 Å². The molecule has 1 aliphatic rings. The van der Waals surface area contributed by atoms with E-state index in [1.54, 1.807) is 17.8 Å². The van der Waals surface area contributed by atoms with Crippen LogP contribution in [0.1, 0.15) is 11.5 Å². The third-order valence-corrected chi connectivity index (χ3v) is 5.29. The minimum Gasteiger partial charge on any atom is -0.435 e. The molecule has 0 spiro atoms. The van der Waals surface area contributed by atoms with Crippen LogP contribution in [0.25, 0.3) is 22.7 Å². The van der Waals surface area contributed by atoms with Crippen LogP contribution in [0.5, 0.6) is 0 Å². The van der Waals surface area contributed by atoms with Crippen molar-refractivity contribution in [3.8, 4) is 6.07 Å². The largest absolute Gasteiger partial charge is 0.435 e. The second-order valence-electron chi connectivity index (χ2n) is 5.94. The molecule has 0 aliphatic carbocycles. The number of β-amino-alcohol motifs (C(OH)–C–C–N with tert-alkyl or cyclic N) is 1. The average molecular weight is 363 g/mol. The molecule has 0 fully saturated rings. The van der Waals surface area contributed by atoms with E-state index in [1.807, 2.05) is 36.4 Å². The number of nitrogens with zero attached hydrogens (tertiary/aromatic N) is 3. The molecule has 1 N–H and O–H groups in total. The van der Waals surface area contributed by atoms with Crippen molar-refractivity contribution >= 4 is 40.2 Å². The molecule has 0 saturated heterocycles. The zero-order valence-corrected chi connectivity index (χ0v) is 14.9. The second kappa shape index (κ2) is 7.24. The molecule has 0 radical (unpaired) electrons. The van der Waals surface area contributed by atoms with Crippen molar-refractivity contribution in [1.82, 2.24) is 4.98 Å². The number of aliphatic hydroxyl groups excluding tert-OH is 1. The minimum atomic E-state index is 0.141. The van der Waals surface area contributed by atoms with Crippen LogP contribution in [0.15, 0.2) is 51.8 Å². The number of oxazole rings is 1. The lowest BCUT2D eigenvalue weighted by Gasteiger charge is -2.30. The molecule has 6 heteroatoms. The summed E-state index contributed by atoms with van der Waals surface area (Å²) in [7, 11) is 0. The Hall–Kier alpha value is -2.75. The molecule has 0 unspecified atom stereocenters. The maximum atomic E-state index is 9.56. The van der Waals surface area contributed by atoms with Crippen molar-refractivity contribution in [2.45, 2.75) is 4.90 Å². The Labute approximate surface area is 155 Å². The number of hydrogen-bond acceptors (Lipinski definition) is 6. The summed E-state index contributed by atoms with van der Waals surface area (Å²) in [6.07, 6.45) is 1.80. The Morgan fingerprint density at radius 1 is 1.35 bits per heavy atom. The van der Waals surface area contributed by atoms with Gasteiger partial charge in [0.2, 0.25) is 5.89 Å². The highest BCUT2D eigenvalue weighted by atomic mass is 32.2. The molecule has 0 saturated carbocycles. The Bertz CT molecular complexity index is 986. The van der Waals surface area contributed by atoms with Gasteiger partial charge in [-0.15, -0.1) is 11.8 Å². The quantitative estimate of drug-likeness (QED) is 0.711. The first kappa shape index (κ1) is 16.7. The normalized spacial score (nSPS) is 14.3. The van der Waals surface area contributed by atoms with Crippen LogP contribution in [0.4, 0.5) is 5.69 Å². The topological polar surface area (TPSA) is 73.3 Å². The number of rotatable bonds is 4. The van der Waals surface area contributed by atoms with Gasteiger partial charge in [-0.3, -0.25) is 0 Å². The number of fused-ring (bicyclic) bond motifs is 2. The number of benzene rings is 2. The first-order valence-electron chi connectivity index (χ1n) is 8.39. The molecule has 0 bridgehead atoms. The van der Waals surface area contributed by atoms with Crippen molar-refractivity contribution in [3.05, 3.63) is 53.9 Å². The van der Waals surface area contributed by atoms with E-state index in [0.29, 0.717) is 23.6 Å². The summed E-state index contributed by atoms with van der Waals surface area (Å²) in [5, 5.41) is 18.8. The number of allylic oxidation sites excluding steroid dienone is 1. The van der Waals surface area contributed by atoms with E-state index in [2.05, 4.69) is 22.0 Å². The minimum absolute atomic E-state index is 0.141. The molecule has 2 aromatic carbocycles. The van der Waals surface area contributed by atoms with Gasteiger partial charge >= 0.3 is 0 Å². The van der Waals surface area contributed by atoms with Crippen LogP contribution in [-0.4, -0.2) is 35.5 Å². The van der Waals surface area contributed by atoms with E-state index in [4.69, 9.17) is 4.42 Å². The number of para-hydroxylation sites is 2. The second-order valence-corrected chi connectivity index (χ2v) is 7.08. The Kier molecular flexibility index (Phi) is 4.65. The molecule has 0 amide bonds. The summed E-state index contributed by atoms with van der Waals surface area (Å²) >= 11 is 1.79. The van der Waals surface area contributed by atoms with E-state index in [-0.39, 0.29) is 6.61 Å². The summed E-state index contributed by atoms with van der Waals surface area (Å²) in [6.45, 7) is 1.71. The van der Waals surface area contributed by atoms with Gasteiger partial charge in [0.15, 0.2) is 5.58 Å². The zero-order valence-electron chi connectivity index (χ0n) is 14.1. The summed E-state index contributed by atoms with van der Waals surface area (Å²) < 4.78 is 5.71. The van der Waals surface area contributed by atoms with Crippen LogP contribution in [0, 0.1) is 11.3 Å². The Balaban J connectivity index is 1.69. The van der Waals surface area contributed by atoms with Gasteiger partial charge in [0.1, 0.15) is 17.2 Å². The summed E-state index contributed by atoms with van der Waals surface area (Å²) in [5.41, 5.74) is 3.87. The number of aliphatic hydroxyl groups is 1. The number of nitriles is 1. The van der Waals surface area contributed by atoms with Gasteiger partial charge in [-0.2, -0.15) is 5.26 Å². The van der Waals surface area contributed by atoms with Gasteiger partial charge in [-0.1, -0.05) is 18.2 Å². The fourth-order valence-electron chi connectivity index (χ4n) is 3.03. The Morgan fingerprint density at radius 3 is 3.04 bits per heavy atom. The smallest absolute Gasteiger partial charge is 0.238 e. The summed E-state index contributed by atoms with van der Waals surface area (Å²) in [5.74, 6) is 1.32. The average Bonchev–Trinajstić information content (AvgIpc) is 3.10. The number of hydrogen-bond donors (Lipinski definition) is 1. The van der Waals surface area contributed by atoms with Crippen molar-refractivity contribution in [1.29, 1.82) is 5.26 Å². The monoisotopic (exact) mass is 363 g/mol. The van der Waals surface area contributed by atoms with Gasteiger partial charge in [0.05, 0.1) is 12.3 Å². The summed E-state index contributed by atoms with van der Waals surface area (Å²) in [4.78, 5) is 7.75. The number of thioether (sulfide) groups is 1. The first-order valence-corrected chi connectivity index (χ1v) is 9.37. The molecule has 2 heterocycles. The van der Waals surface area contributed by atoms with Gasteiger partial charge < -0.3 is 14.4 Å². The van der Waals surface area contributed by atoms with Gasteiger partial charge in [0.25, 0.3) is 0 Å². The van der Waals surface area contributed by atoms with Crippen LogP contribution in [0.3, 0.4) is 0 Å². The van der Waals surface area contributed by atoms with E-state index in [9.17, 15) is 10.4 Å². The van der Waals surface area contributed by atoms with E-state index >= 15 is 0 Å². The van der Waals surface area contributed by atoms with Crippen molar-refractivity contribution in [2.24, 2.45) is 0 Å².